The fourth-order valence-corrected chi connectivity index (χ4v) is 3.22. The van der Waals surface area contributed by atoms with Gasteiger partial charge in [-0.3, -0.25) is 4.79 Å². The maximum atomic E-state index is 12.4. The molecule has 0 unspecified atom stereocenters. The van der Waals surface area contributed by atoms with Gasteiger partial charge in [-0.2, -0.15) is 0 Å². The van der Waals surface area contributed by atoms with E-state index in [2.05, 4.69) is 10.3 Å². The number of aromatic nitrogens is 1. The zero-order valence-electron chi connectivity index (χ0n) is 16.7. The Balaban J connectivity index is 2.10. The van der Waals surface area contributed by atoms with Crippen LogP contribution < -0.4 is 14.8 Å². The number of carbonyl (C=O) groups is 2. The van der Waals surface area contributed by atoms with Gasteiger partial charge < -0.3 is 24.5 Å². The minimum atomic E-state index is -0.392. The van der Waals surface area contributed by atoms with Gasteiger partial charge in [0.15, 0.2) is 0 Å². The summed E-state index contributed by atoms with van der Waals surface area (Å²) in [6, 6.07) is 3.20. The summed E-state index contributed by atoms with van der Waals surface area (Å²) in [6.45, 7) is 5.78. The SMILES string of the molecule is CCOC(=O)c1[nH]c(C)c(CCC(=O)Nc2cc(Cl)c(OC)cc2OC)c1C. The van der Waals surface area contributed by atoms with Gasteiger partial charge in [-0.05, 0) is 44.4 Å². The number of H-pyrrole nitrogens is 1. The number of methoxy groups -OCH3 is 2. The smallest absolute Gasteiger partial charge is 0.355 e. The van der Waals surface area contributed by atoms with Crippen molar-refractivity contribution in [2.24, 2.45) is 0 Å². The molecule has 2 N–H and O–H groups in total. The van der Waals surface area contributed by atoms with Crippen molar-refractivity contribution in [2.45, 2.75) is 33.6 Å². The molecule has 152 valence electrons. The zero-order valence-corrected chi connectivity index (χ0v) is 17.5. The molecule has 8 heteroatoms. The Morgan fingerprint density at radius 1 is 1.14 bits per heavy atom. The standard InChI is InChI=1S/C20H25ClN2O5/c1-6-28-20(25)19-11(2)13(12(3)22-19)7-8-18(24)23-15-9-14(21)16(26-4)10-17(15)27-5/h9-10,22H,6-8H2,1-5H3,(H,23,24). The van der Waals surface area contributed by atoms with Crippen LogP contribution in [0.3, 0.4) is 0 Å². The molecule has 2 aromatic rings. The molecule has 1 heterocycles. The minimum absolute atomic E-state index is 0.197. The number of nitrogens with one attached hydrogen (secondary N) is 2. The van der Waals surface area contributed by atoms with E-state index in [0.29, 0.717) is 40.9 Å². The Bertz CT molecular complexity index is 876. The van der Waals surface area contributed by atoms with Crippen molar-refractivity contribution >= 4 is 29.2 Å². The van der Waals surface area contributed by atoms with Crippen LogP contribution in [0.2, 0.25) is 5.02 Å². The first-order valence-electron chi connectivity index (χ1n) is 8.88. The Morgan fingerprint density at radius 2 is 1.82 bits per heavy atom. The first-order valence-corrected chi connectivity index (χ1v) is 9.26. The number of aryl methyl sites for hydroxylation is 1. The van der Waals surface area contributed by atoms with Crippen molar-refractivity contribution in [1.82, 2.24) is 4.98 Å². The second-order valence-corrected chi connectivity index (χ2v) is 6.59. The molecule has 0 spiro atoms. The molecule has 0 bridgehead atoms. The second-order valence-electron chi connectivity index (χ2n) is 6.18. The average molecular weight is 409 g/mol. The number of aromatic amines is 1. The first kappa shape index (κ1) is 21.6. The Hall–Kier alpha value is -2.67. The lowest BCUT2D eigenvalue weighted by atomic mass is 10.0. The molecule has 1 amide bonds. The lowest BCUT2D eigenvalue weighted by Crippen LogP contribution is -2.13. The molecule has 0 radical (unpaired) electrons. The van der Waals surface area contributed by atoms with Crippen molar-refractivity contribution < 1.29 is 23.8 Å². The van der Waals surface area contributed by atoms with Gasteiger partial charge in [-0.25, -0.2) is 4.79 Å². The summed E-state index contributed by atoms with van der Waals surface area (Å²) in [6.07, 6.45) is 0.709. The summed E-state index contributed by atoms with van der Waals surface area (Å²) in [5, 5.41) is 3.18. The van der Waals surface area contributed by atoms with E-state index in [4.69, 9.17) is 25.8 Å². The predicted molar refractivity (Wildman–Crippen MR) is 108 cm³/mol. The summed E-state index contributed by atoms with van der Waals surface area (Å²) >= 11 is 6.13. The number of ether oxygens (including phenoxy) is 3. The molecule has 2 rings (SSSR count). The molecule has 7 nitrogen and oxygen atoms in total. The molecule has 0 fully saturated rings. The van der Waals surface area contributed by atoms with E-state index in [0.717, 1.165) is 16.8 Å². The second kappa shape index (κ2) is 9.50. The van der Waals surface area contributed by atoms with Crippen molar-refractivity contribution in [3.8, 4) is 11.5 Å². The topological polar surface area (TPSA) is 89.7 Å². The summed E-state index contributed by atoms with van der Waals surface area (Å²) in [5.41, 5.74) is 3.47. The number of hydrogen-bond donors (Lipinski definition) is 2. The fraction of sp³-hybridized carbons (Fsp3) is 0.400. The molecule has 0 atom stereocenters. The molecule has 0 aliphatic rings. The minimum Gasteiger partial charge on any atom is -0.495 e. The number of amides is 1. The molecule has 1 aromatic carbocycles. The Kier molecular flexibility index (Phi) is 7.34. The number of benzene rings is 1. The number of anilines is 1. The lowest BCUT2D eigenvalue weighted by Gasteiger charge is -2.13. The largest absolute Gasteiger partial charge is 0.495 e. The number of rotatable bonds is 8. The normalized spacial score (nSPS) is 10.5. The fourth-order valence-electron chi connectivity index (χ4n) is 2.98. The summed E-state index contributed by atoms with van der Waals surface area (Å²) in [5.74, 6) is 0.323. The highest BCUT2D eigenvalue weighted by Gasteiger charge is 2.19. The Morgan fingerprint density at radius 3 is 2.43 bits per heavy atom. The van der Waals surface area contributed by atoms with Crippen LogP contribution in [0.1, 0.15) is 40.7 Å². The monoisotopic (exact) mass is 408 g/mol. The van der Waals surface area contributed by atoms with Crippen molar-refractivity contribution in [2.75, 3.05) is 26.1 Å². The van der Waals surface area contributed by atoms with Crippen LogP contribution in [-0.2, 0) is 16.0 Å². The third kappa shape index (κ3) is 4.78. The molecular formula is C20H25ClN2O5. The van der Waals surface area contributed by atoms with Gasteiger partial charge in [-0.15, -0.1) is 0 Å². The highest BCUT2D eigenvalue weighted by atomic mass is 35.5. The van der Waals surface area contributed by atoms with E-state index < -0.39 is 5.97 Å². The summed E-state index contributed by atoms with van der Waals surface area (Å²) in [7, 11) is 3.01. The van der Waals surface area contributed by atoms with Crippen LogP contribution in [0.5, 0.6) is 11.5 Å². The maximum absolute atomic E-state index is 12.4. The quantitative estimate of drug-likeness (QED) is 0.643. The van der Waals surface area contributed by atoms with Gasteiger partial charge in [0.2, 0.25) is 5.91 Å². The van der Waals surface area contributed by atoms with Crippen LogP contribution >= 0.6 is 11.6 Å². The van der Waals surface area contributed by atoms with Crippen LogP contribution in [0.15, 0.2) is 12.1 Å². The van der Waals surface area contributed by atoms with Crippen molar-refractivity contribution in [1.29, 1.82) is 0 Å². The molecule has 0 saturated carbocycles. The van der Waals surface area contributed by atoms with E-state index in [1.165, 1.54) is 14.2 Å². The third-order valence-corrected chi connectivity index (χ3v) is 4.72. The number of esters is 1. The molecule has 1 aromatic heterocycles. The van der Waals surface area contributed by atoms with Crippen LogP contribution in [0, 0.1) is 13.8 Å². The molecule has 0 aliphatic heterocycles. The number of hydrogen-bond acceptors (Lipinski definition) is 5. The van der Waals surface area contributed by atoms with Gasteiger partial charge >= 0.3 is 5.97 Å². The summed E-state index contributed by atoms with van der Waals surface area (Å²) in [4.78, 5) is 27.5. The number of halogens is 1. The molecular weight excluding hydrogens is 384 g/mol. The zero-order chi connectivity index (χ0) is 20.8. The predicted octanol–water partition coefficient (Wildman–Crippen LogP) is 4.05. The van der Waals surface area contributed by atoms with Crippen LogP contribution in [0.25, 0.3) is 0 Å². The highest BCUT2D eigenvalue weighted by molar-refractivity contribution is 6.32. The highest BCUT2D eigenvalue weighted by Crippen LogP contribution is 2.36. The molecule has 0 saturated heterocycles. The average Bonchev–Trinajstić information content (AvgIpc) is 2.94. The van der Waals surface area contributed by atoms with E-state index in [1.54, 1.807) is 19.1 Å². The van der Waals surface area contributed by atoms with Gasteiger partial charge in [0.1, 0.15) is 17.2 Å². The van der Waals surface area contributed by atoms with Crippen LogP contribution in [0.4, 0.5) is 5.69 Å². The van der Waals surface area contributed by atoms with Gasteiger partial charge in [0.05, 0.1) is 31.5 Å². The van der Waals surface area contributed by atoms with Crippen molar-refractivity contribution in [3.63, 3.8) is 0 Å². The maximum Gasteiger partial charge on any atom is 0.355 e. The van der Waals surface area contributed by atoms with E-state index >= 15 is 0 Å². The summed E-state index contributed by atoms with van der Waals surface area (Å²) < 4.78 is 15.5. The first-order chi connectivity index (χ1) is 13.3. The van der Waals surface area contributed by atoms with E-state index in [9.17, 15) is 9.59 Å². The Labute approximate surface area is 169 Å². The van der Waals surface area contributed by atoms with E-state index in [-0.39, 0.29) is 12.3 Å². The van der Waals surface area contributed by atoms with Crippen molar-refractivity contribution in [3.05, 3.63) is 39.7 Å². The molecule has 28 heavy (non-hydrogen) atoms. The lowest BCUT2D eigenvalue weighted by molar-refractivity contribution is -0.116. The van der Waals surface area contributed by atoms with Gasteiger partial charge in [0, 0.05) is 18.2 Å². The van der Waals surface area contributed by atoms with Gasteiger partial charge in [-0.1, -0.05) is 11.6 Å². The van der Waals surface area contributed by atoms with Crippen LogP contribution in [-0.4, -0.2) is 37.7 Å². The number of carbonyl (C=O) groups excluding carboxylic acids is 2. The molecule has 0 aliphatic carbocycles. The van der Waals surface area contributed by atoms with Gasteiger partial charge in [0.25, 0.3) is 0 Å². The van der Waals surface area contributed by atoms with E-state index in [1.807, 2.05) is 13.8 Å². The third-order valence-electron chi connectivity index (χ3n) is 4.42.